The summed E-state index contributed by atoms with van der Waals surface area (Å²) in [7, 11) is 4.05. The van der Waals surface area contributed by atoms with Crippen molar-refractivity contribution in [2.45, 2.75) is 26.4 Å². The van der Waals surface area contributed by atoms with Crippen LogP contribution >= 0.6 is 35.6 Å². The van der Waals surface area contributed by atoms with Crippen LogP contribution < -0.4 is 5.32 Å². The van der Waals surface area contributed by atoms with Crippen LogP contribution in [0.15, 0.2) is 33.8 Å². The number of guanidine groups is 1. The fourth-order valence-corrected chi connectivity index (χ4v) is 3.86. The van der Waals surface area contributed by atoms with E-state index in [1.54, 1.807) is 0 Å². The van der Waals surface area contributed by atoms with Gasteiger partial charge in [-0.3, -0.25) is 9.89 Å². The van der Waals surface area contributed by atoms with Crippen molar-refractivity contribution in [2.75, 3.05) is 46.4 Å². The largest absolute Gasteiger partial charge is 0.465 e. The van der Waals surface area contributed by atoms with Gasteiger partial charge in [0.15, 0.2) is 5.96 Å². The Morgan fingerprint density at radius 1 is 1.33 bits per heavy atom. The van der Waals surface area contributed by atoms with E-state index < -0.39 is 0 Å². The van der Waals surface area contributed by atoms with Gasteiger partial charge in [0.25, 0.3) is 0 Å². The monoisotopic (exact) mass is 549 g/mol. The number of hydrogen-bond donors (Lipinski definition) is 1. The SMILES string of the molecule is CCNC(=NCC(c1ccc(C)o1)N1CCOCC1)N(C)Cc1cc(Cl)cn1C.I. The third kappa shape index (κ3) is 6.63. The molecular formula is C21H33ClIN5O2. The maximum atomic E-state index is 6.14. The summed E-state index contributed by atoms with van der Waals surface area (Å²) in [6.07, 6.45) is 1.92. The highest BCUT2D eigenvalue weighted by atomic mass is 127. The molecule has 0 amide bonds. The molecule has 2 aromatic heterocycles. The number of halogens is 2. The quantitative estimate of drug-likeness (QED) is 0.325. The van der Waals surface area contributed by atoms with E-state index in [4.69, 9.17) is 25.7 Å². The first-order valence-electron chi connectivity index (χ1n) is 10.2. The van der Waals surface area contributed by atoms with Gasteiger partial charge < -0.3 is 23.9 Å². The molecule has 0 saturated carbocycles. The second-order valence-corrected chi connectivity index (χ2v) is 7.86. The number of furan rings is 1. The van der Waals surface area contributed by atoms with Crippen LogP contribution in [0.5, 0.6) is 0 Å². The van der Waals surface area contributed by atoms with E-state index in [9.17, 15) is 0 Å². The molecule has 0 bridgehead atoms. The van der Waals surface area contributed by atoms with Crippen molar-refractivity contribution >= 4 is 41.5 Å². The number of rotatable bonds is 7. The summed E-state index contributed by atoms with van der Waals surface area (Å²) in [4.78, 5) is 9.47. The second kappa shape index (κ2) is 12.0. The average Bonchev–Trinajstić information content (AvgIpc) is 3.26. The van der Waals surface area contributed by atoms with Gasteiger partial charge in [0.05, 0.1) is 37.4 Å². The van der Waals surface area contributed by atoms with Crippen molar-refractivity contribution in [2.24, 2.45) is 12.0 Å². The highest BCUT2D eigenvalue weighted by molar-refractivity contribution is 14.0. The molecule has 0 radical (unpaired) electrons. The van der Waals surface area contributed by atoms with Gasteiger partial charge >= 0.3 is 0 Å². The number of hydrogen-bond acceptors (Lipinski definition) is 4. The lowest BCUT2D eigenvalue weighted by molar-refractivity contribution is 0.0135. The number of aromatic nitrogens is 1. The Balaban J connectivity index is 0.00000320. The normalized spacial score (nSPS) is 16.2. The molecule has 1 fully saturated rings. The van der Waals surface area contributed by atoms with E-state index in [1.165, 1.54) is 0 Å². The minimum Gasteiger partial charge on any atom is -0.465 e. The van der Waals surface area contributed by atoms with Gasteiger partial charge in [-0.2, -0.15) is 0 Å². The van der Waals surface area contributed by atoms with Crippen LogP contribution in [0.1, 0.15) is 30.2 Å². The van der Waals surface area contributed by atoms with E-state index in [0.29, 0.717) is 6.54 Å². The Labute approximate surface area is 201 Å². The molecule has 1 N–H and O–H groups in total. The van der Waals surface area contributed by atoms with Crippen molar-refractivity contribution in [1.82, 2.24) is 19.7 Å². The van der Waals surface area contributed by atoms with E-state index in [-0.39, 0.29) is 30.0 Å². The molecule has 1 unspecified atom stereocenters. The lowest BCUT2D eigenvalue weighted by atomic mass is 10.1. The molecule has 7 nitrogen and oxygen atoms in total. The Hall–Kier alpha value is -1.23. The van der Waals surface area contributed by atoms with Gasteiger partial charge in [0, 0.05) is 45.6 Å². The molecule has 0 spiro atoms. The molecule has 1 aliphatic heterocycles. The van der Waals surface area contributed by atoms with E-state index in [2.05, 4.69) is 28.1 Å². The predicted octanol–water partition coefficient (Wildman–Crippen LogP) is 3.67. The zero-order valence-corrected chi connectivity index (χ0v) is 21.3. The first kappa shape index (κ1) is 25.0. The van der Waals surface area contributed by atoms with Crippen molar-refractivity contribution in [3.05, 3.63) is 46.6 Å². The molecule has 1 atom stereocenters. The predicted molar refractivity (Wildman–Crippen MR) is 132 cm³/mol. The van der Waals surface area contributed by atoms with E-state index >= 15 is 0 Å². The van der Waals surface area contributed by atoms with E-state index in [0.717, 1.165) is 67.6 Å². The molecular weight excluding hydrogens is 517 g/mol. The third-order valence-corrected chi connectivity index (χ3v) is 5.37. The van der Waals surface area contributed by atoms with Gasteiger partial charge in [0.2, 0.25) is 0 Å². The van der Waals surface area contributed by atoms with Crippen LogP contribution in [0.2, 0.25) is 5.02 Å². The van der Waals surface area contributed by atoms with Gasteiger partial charge in [-0.15, -0.1) is 24.0 Å². The third-order valence-electron chi connectivity index (χ3n) is 5.16. The summed E-state index contributed by atoms with van der Waals surface area (Å²) in [6.45, 7) is 9.46. The summed E-state index contributed by atoms with van der Waals surface area (Å²) in [5.41, 5.74) is 1.13. The number of aryl methyl sites for hydroxylation is 2. The molecule has 0 aliphatic carbocycles. The smallest absolute Gasteiger partial charge is 0.194 e. The lowest BCUT2D eigenvalue weighted by Crippen LogP contribution is -2.42. The fourth-order valence-electron chi connectivity index (χ4n) is 3.59. The molecule has 0 aromatic carbocycles. The minimum absolute atomic E-state index is 0. The molecule has 9 heteroatoms. The van der Waals surface area contributed by atoms with Crippen LogP contribution in [-0.2, 0) is 18.3 Å². The standard InChI is InChI=1S/C21H32ClN5O2.HI/c1-5-23-21(26(4)15-18-12-17(22)14-25(18)3)24-13-19(20-7-6-16(2)29-20)27-8-10-28-11-9-27;/h6-7,12,14,19H,5,8-11,13,15H2,1-4H3,(H,23,24);1H. The maximum absolute atomic E-state index is 6.14. The van der Waals surface area contributed by atoms with Crippen molar-refractivity contribution in [3.8, 4) is 0 Å². The van der Waals surface area contributed by atoms with Crippen molar-refractivity contribution in [3.63, 3.8) is 0 Å². The molecule has 1 aliphatic rings. The summed E-state index contributed by atoms with van der Waals surface area (Å²) in [5.74, 6) is 2.75. The van der Waals surface area contributed by atoms with Gasteiger partial charge in [0.1, 0.15) is 11.5 Å². The molecule has 3 rings (SSSR count). The first-order valence-corrected chi connectivity index (χ1v) is 10.5. The Bertz CT molecular complexity index is 816. The maximum Gasteiger partial charge on any atom is 0.194 e. The van der Waals surface area contributed by atoms with Crippen LogP contribution in [-0.4, -0.2) is 66.8 Å². The van der Waals surface area contributed by atoms with Crippen LogP contribution in [0.4, 0.5) is 0 Å². The number of nitrogens with one attached hydrogen (secondary N) is 1. The Kier molecular flexibility index (Phi) is 9.99. The lowest BCUT2D eigenvalue weighted by Gasteiger charge is -2.33. The number of ether oxygens (including phenoxy) is 1. The molecule has 3 heterocycles. The highest BCUT2D eigenvalue weighted by Gasteiger charge is 2.25. The Morgan fingerprint density at radius 2 is 2.07 bits per heavy atom. The first-order chi connectivity index (χ1) is 14.0. The zero-order valence-electron chi connectivity index (χ0n) is 18.2. The Morgan fingerprint density at radius 3 is 2.63 bits per heavy atom. The molecule has 1 saturated heterocycles. The second-order valence-electron chi connectivity index (χ2n) is 7.42. The number of morpholine rings is 1. The number of aliphatic imine (C=N–C) groups is 1. The average molecular weight is 550 g/mol. The van der Waals surface area contributed by atoms with Gasteiger partial charge in [-0.25, -0.2) is 0 Å². The summed E-state index contributed by atoms with van der Waals surface area (Å²) in [5, 5.41) is 4.15. The highest BCUT2D eigenvalue weighted by Crippen LogP contribution is 2.24. The van der Waals surface area contributed by atoms with Crippen LogP contribution in [0, 0.1) is 6.92 Å². The van der Waals surface area contributed by atoms with E-state index in [1.807, 2.05) is 43.9 Å². The van der Waals surface area contributed by atoms with Crippen LogP contribution in [0.25, 0.3) is 0 Å². The van der Waals surface area contributed by atoms with Crippen molar-refractivity contribution < 1.29 is 9.15 Å². The topological polar surface area (TPSA) is 58.2 Å². The zero-order chi connectivity index (χ0) is 20.8. The molecule has 2 aromatic rings. The van der Waals surface area contributed by atoms with Gasteiger partial charge in [-0.05, 0) is 32.0 Å². The van der Waals surface area contributed by atoms with Crippen LogP contribution in [0.3, 0.4) is 0 Å². The number of nitrogens with zero attached hydrogens (tertiary/aromatic N) is 4. The molecule has 30 heavy (non-hydrogen) atoms. The van der Waals surface area contributed by atoms with Crippen molar-refractivity contribution in [1.29, 1.82) is 0 Å². The fraction of sp³-hybridized carbons (Fsp3) is 0.571. The summed E-state index contributed by atoms with van der Waals surface area (Å²) >= 11 is 6.14. The minimum atomic E-state index is 0. The molecule has 168 valence electrons. The van der Waals surface area contributed by atoms with Gasteiger partial charge in [-0.1, -0.05) is 11.6 Å². The summed E-state index contributed by atoms with van der Waals surface area (Å²) in [6, 6.07) is 6.17. The summed E-state index contributed by atoms with van der Waals surface area (Å²) < 4.78 is 13.5.